The van der Waals surface area contributed by atoms with Crippen molar-refractivity contribution in [3.63, 3.8) is 0 Å². The molecule has 1 heterocycles. The minimum Gasteiger partial charge on any atom is -0.393 e. The van der Waals surface area contributed by atoms with Crippen LogP contribution >= 0.6 is 0 Å². The third-order valence-electron chi connectivity index (χ3n) is 5.13. The van der Waals surface area contributed by atoms with Crippen LogP contribution in [0, 0.1) is 17.2 Å². The van der Waals surface area contributed by atoms with E-state index in [1.54, 1.807) is 0 Å². The van der Waals surface area contributed by atoms with Crippen molar-refractivity contribution in [2.45, 2.75) is 57.2 Å². The van der Waals surface area contributed by atoms with Crippen LogP contribution in [0.4, 0.5) is 0 Å². The van der Waals surface area contributed by atoms with Gasteiger partial charge in [0, 0.05) is 18.5 Å². The van der Waals surface area contributed by atoms with Crippen LogP contribution in [0.2, 0.25) is 0 Å². The van der Waals surface area contributed by atoms with Gasteiger partial charge in [0.1, 0.15) is 0 Å². The topological polar surface area (TPSA) is 47.3 Å². The Hall–Kier alpha value is -1.37. The molecule has 2 fully saturated rings. The molecule has 0 bridgehead atoms. The fraction of sp³-hybridized carbons (Fsp3) is 0.611. The van der Waals surface area contributed by atoms with Crippen LogP contribution in [0.5, 0.6) is 0 Å². The summed E-state index contributed by atoms with van der Waals surface area (Å²) in [7, 11) is 0. The number of likely N-dealkylation sites (tertiary alicyclic amines) is 1. The Kier molecular flexibility index (Phi) is 4.57. The lowest BCUT2D eigenvalue weighted by molar-refractivity contribution is 0.0313. The summed E-state index contributed by atoms with van der Waals surface area (Å²) in [5.41, 5.74) is 1.95. The molecule has 0 amide bonds. The van der Waals surface area contributed by atoms with E-state index < -0.39 is 0 Å². The first kappa shape index (κ1) is 14.6. The van der Waals surface area contributed by atoms with Gasteiger partial charge in [-0.25, -0.2) is 0 Å². The number of piperidine rings is 1. The number of benzene rings is 1. The van der Waals surface area contributed by atoms with Crippen LogP contribution in [0.25, 0.3) is 0 Å². The molecule has 3 unspecified atom stereocenters. The molecule has 0 spiro atoms. The molecule has 1 aromatic carbocycles. The van der Waals surface area contributed by atoms with Crippen LogP contribution in [-0.4, -0.2) is 28.7 Å². The number of rotatable bonds is 3. The summed E-state index contributed by atoms with van der Waals surface area (Å²) >= 11 is 0. The van der Waals surface area contributed by atoms with Crippen LogP contribution in [0.3, 0.4) is 0 Å². The van der Waals surface area contributed by atoms with E-state index in [4.69, 9.17) is 5.26 Å². The molecule has 3 atom stereocenters. The van der Waals surface area contributed by atoms with E-state index in [9.17, 15) is 5.11 Å². The summed E-state index contributed by atoms with van der Waals surface area (Å²) in [6.45, 7) is 2.02. The van der Waals surface area contributed by atoms with Crippen molar-refractivity contribution in [1.82, 2.24) is 4.90 Å². The Morgan fingerprint density at radius 2 is 2.10 bits per heavy atom. The van der Waals surface area contributed by atoms with Crippen LogP contribution in [0.1, 0.15) is 49.7 Å². The molecule has 21 heavy (non-hydrogen) atoms. The summed E-state index contributed by atoms with van der Waals surface area (Å²) in [6.07, 6.45) is 6.93. The van der Waals surface area contributed by atoms with Crippen molar-refractivity contribution in [1.29, 1.82) is 5.26 Å². The maximum Gasteiger partial charge on any atom is 0.0991 e. The lowest BCUT2D eigenvalue weighted by Gasteiger charge is -2.40. The Morgan fingerprint density at radius 3 is 2.86 bits per heavy atom. The SMILES string of the molecule is N#Cc1cccc(CN2CCCCC2C2CCCC2O)c1. The maximum absolute atomic E-state index is 10.2. The van der Waals surface area contributed by atoms with Crippen LogP contribution in [-0.2, 0) is 6.54 Å². The number of nitrogens with zero attached hydrogens (tertiary/aromatic N) is 2. The molecule has 1 aliphatic carbocycles. The normalized spacial score (nSPS) is 30.2. The number of aliphatic hydroxyl groups is 1. The summed E-state index contributed by atoms with van der Waals surface area (Å²) in [5, 5.41) is 19.3. The number of nitriles is 1. The van der Waals surface area contributed by atoms with Gasteiger partial charge in [-0.3, -0.25) is 4.90 Å². The van der Waals surface area contributed by atoms with Gasteiger partial charge in [-0.15, -0.1) is 0 Å². The molecule has 112 valence electrons. The van der Waals surface area contributed by atoms with Crippen LogP contribution in [0.15, 0.2) is 24.3 Å². The van der Waals surface area contributed by atoms with Gasteiger partial charge in [-0.05, 0) is 49.9 Å². The summed E-state index contributed by atoms with van der Waals surface area (Å²) < 4.78 is 0. The number of hydrogen-bond donors (Lipinski definition) is 1. The monoisotopic (exact) mass is 284 g/mol. The molecular formula is C18H24N2O. The number of aliphatic hydroxyl groups excluding tert-OH is 1. The Bertz CT molecular complexity index is 522. The van der Waals surface area contributed by atoms with E-state index in [1.807, 2.05) is 18.2 Å². The summed E-state index contributed by atoms with van der Waals surface area (Å²) in [4.78, 5) is 2.54. The first-order chi connectivity index (χ1) is 10.3. The minimum atomic E-state index is -0.110. The molecule has 1 N–H and O–H groups in total. The second-order valence-electron chi connectivity index (χ2n) is 6.51. The third-order valence-corrected chi connectivity index (χ3v) is 5.13. The molecular weight excluding hydrogens is 260 g/mol. The standard InChI is InChI=1S/C18H24N2O/c19-12-14-5-3-6-15(11-14)13-20-10-2-1-8-17(20)16-7-4-9-18(16)21/h3,5-6,11,16-18,21H,1-2,4,7-10,13H2. The quantitative estimate of drug-likeness (QED) is 0.928. The highest BCUT2D eigenvalue weighted by molar-refractivity contribution is 5.32. The average molecular weight is 284 g/mol. The second-order valence-corrected chi connectivity index (χ2v) is 6.51. The third kappa shape index (κ3) is 3.28. The van der Waals surface area contributed by atoms with E-state index in [0.717, 1.165) is 25.1 Å². The van der Waals surface area contributed by atoms with Gasteiger partial charge >= 0.3 is 0 Å². The lowest BCUT2D eigenvalue weighted by atomic mass is 9.87. The zero-order chi connectivity index (χ0) is 14.7. The van der Waals surface area contributed by atoms with Crippen molar-refractivity contribution >= 4 is 0 Å². The van der Waals surface area contributed by atoms with E-state index in [0.29, 0.717) is 12.0 Å². The Balaban J connectivity index is 1.73. The molecule has 1 aromatic rings. The Labute approximate surface area is 127 Å². The highest BCUT2D eigenvalue weighted by Crippen LogP contribution is 2.35. The molecule has 1 saturated heterocycles. The van der Waals surface area contributed by atoms with Crippen molar-refractivity contribution in [3.8, 4) is 6.07 Å². The lowest BCUT2D eigenvalue weighted by Crippen LogP contribution is -2.45. The largest absolute Gasteiger partial charge is 0.393 e. The zero-order valence-corrected chi connectivity index (χ0v) is 12.5. The van der Waals surface area contributed by atoms with Crippen molar-refractivity contribution < 1.29 is 5.11 Å². The average Bonchev–Trinajstić information content (AvgIpc) is 2.94. The highest BCUT2D eigenvalue weighted by atomic mass is 16.3. The van der Waals surface area contributed by atoms with E-state index >= 15 is 0 Å². The van der Waals surface area contributed by atoms with Gasteiger partial charge < -0.3 is 5.11 Å². The summed E-state index contributed by atoms with van der Waals surface area (Å²) in [5.74, 6) is 0.449. The molecule has 1 saturated carbocycles. The van der Waals surface area contributed by atoms with Crippen molar-refractivity contribution in [2.24, 2.45) is 5.92 Å². The molecule has 3 rings (SSSR count). The predicted molar refractivity (Wildman–Crippen MR) is 82.6 cm³/mol. The minimum absolute atomic E-state index is 0.110. The maximum atomic E-state index is 10.2. The molecule has 1 aliphatic heterocycles. The number of hydrogen-bond acceptors (Lipinski definition) is 3. The molecule has 3 heteroatoms. The van der Waals surface area contributed by atoms with Crippen molar-refractivity contribution in [2.75, 3.05) is 6.54 Å². The fourth-order valence-electron chi connectivity index (χ4n) is 4.09. The smallest absolute Gasteiger partial charge is 0.0991 e. The van der Waals surface area contributed by atoms with Gasteiger partial charge in [-0.2, -0.15) is 5.26 Å². The van der Waals surface area contributed by atoms with E-state index in [1.165, 1.54) is 37.7 Å². The second kappa shape index (κ2) is 6.60. The van der Waals surface area contributed by atoms with Gasteiger partial charge in [0.05, 0.1) is 17.7 Å². The fourth-order valence-corrected chi connectivity index (χ4v) is 4.09. The van der Waals surface area contributed by atoms with Gasteiger partial charge in [-0.1, -0.05) is 25.0 Å². The van der Waals surface area contributed by atoms with Gasteiger partial charge in [0.2, 0.25) is 0 Å². The molecule has 0 aromatic heterocycles. The van der Waals surface area contributed by atoms with Crippen molar-refractivity contribution in [3.05, 3.63) is 35.4 Å². The van der Waals surface area contributed by atoms with Gasteiger partial charge in [0.25, 0.3) is 0 Å². The molecule has 0 radical (unpaired) electrons. The Morgan fingerprint density at radius 1 is 1.19 bits per heavy atom. The van der Waals surface area contributed by atoms with Crippen LogP contribution < -0.4 is 0 Å². The highest BCUT2D eigenvalue weighted by Gasteiger charge is 2.36. The van der Waals surface area contributed by atoms with E-state index in [2.05, 4.69) is 17.0 Å². The zero-order valence-electron chi connectivity index (χ0n) is 12.5. The predicted octanol–water partition coefficient (Wildman–Crippen LogP) is 3.07. The van der Waals surface area contributed by atoms with Gasteiger partial charge in [0.15, 0.2) is 0 Å². The first-order valence-corrected chi connectivity index (χ1v) is 8.19. The molecule has 3 nitrogen and oxygen atoms in total. The first-order valence-electron chi connectivity index (χ1n) is 8.19. The van der Waals surface area contributed by atoms with E-state index in [-0.39, 0.29) is 6.10 Å². The molecule has 2 aliphatic rings. The summed E-state index contributed by atoms with van der Waals surface area (Å²) in [6, 6.07) is 10.7.